The summed E-state index contributed by atoms with van der Waals surface area (Å²) in [7, 11) is -16.6. The molecule has 3 atom stereocenters. The molecule has 8 N–H and O–H groups in total. The number of H-pyrrole nitrogens is 1. The Morgan fingerprint density at radius 2 is 1.83 bits per heavy atom. The molecule has 0 aromatic carbocycles. The van der Waals surface area contributed by atoms with Gasteiger partial charge in [-0.3, -0.25) is 14.3 Å². The van der Waals surface area contributed by atoms with Crippen LogP contribution in [-0.2, 0) is 33.4 Å². The number of anilines is 1. The number of aromatic amines is 1. The highest BCUT2D eigenvalue weighted by atomic mass is 31.3. The molecule has 20 heteroatoms. The molecule has 0 saturated heterocycles. The molecule has 0 spiro atoms. The maximum absolute atomic E-state index is 11.8. The number of nitrogens with zero attached hydrogens (tertiary/aromatic N) is 3. The molecule has 29 heavy (non-hydrogen) atoms. The Balaban J connectivity index is 2.07. The third-order valence-electron chi connectivity index (χ3n) is 3.09. The van der Waals surface area contributed by atoms with Gasteiger partial charge in [-0.1, -0.05) is 0 Å². The van der Waals surface area contributed by atoms with Crippen LogP contribution in [0.1, 0.15) is 6.42 Å². The van der Waals surface area contributed by atoms with E-state index in [0.29, 0.717) is 0 Å². The number of hydrogen-bond acceptors (Lipinski definition) is 11. The average molecular weight is 479 g/mol. The number of phosphoric acid groups is 3. The second-order valence-corrected chi connectivity index (χ2v) is 9.72. The highest BCUT2D eigenvalue weighted by Crippen LogP contribution is 2.66. The largest absolute Gasteiger partial charge is 0.490 e. The van der Waals surface area contributed by atoms with E-state index in [2.05, 4.69) is 28.1 Å². The molecular formula is C9H16N5O12P3. The first kappa shape index (κ1) is 23.8. The minimum atomic E-state index is -5.67. The summed E-state index contributed by atoms with van der Waals surface area (Å²) in [5, 5.41) is 9.29. The summed E-state index contributed by atoms with van der Waals surface area (Å²) in [5.74, 6) is -0.184. The van der Waals surface area contributed by atoms with Crippen molar-refractivity contribution in [3.05, 3.63) is 16.7 Å². The Morgan fingerprint density at radius 3 is 2.41 bits per heavy atom. The van der Waals surface area contributed by atoms with Gasteiger partial charge in [0.05, 0.1) is 19.0 Å². The standard InChI is InChI=1S/C9H16N5O12P3/c10-9-12-7-6(8(16)13-9)11-4-14(7)2-1-5(3-15)24-28(20,21)26-29(22,23)25-27(17,18)19/h4-5,15H,1-3H2,(H,20,21)(H,22,23)(H2,17,18,19)(H3,10,12,13,16)/t5-/m1/s1. The number of aliphatic hydroxyl groups is 1. The van der Waals surface area contributed by atoms with Crippen molar-refractivity contribution in [1.82, 2.24) is 19.5 Å². The molecule has 2 aromatic rings. The van der Waals surface area contributed by atoms with Crippen LogP contribution >= 0.6 is 23.5 Å². The highest BCUT2D eigenvalue weighted by Gasteiger charge is 2.41. The van der Waals surface area contributed by atoms with Crippen LogP contribution in [0.3, 0.4) is 0 Å². The Morgan fingerprint density at radius 1 is 1.17 bits per heavy atom. The van der Waals surface area contributed by atoms with Crippen LogP contribution in [0.5, 0.6) is 0 Å². The summed E-state index contributed by atoms with van der Waals surface area (Å²) in [4.78, 5) is 57.2. The van der Waals surface area contributed by atoms with Crippen LogP contribution in [0.25, 0.3) is 11.2 Å². The third-order valence-corrected chi connectivity index (χ3v) is 6.98. The van der Waals surface area contributed by atoms with Crippen LogP contribution in [0.2, 0.25) is 0 Å². The van der Waals surface area contributed by atoms with Crippen LogP contribution in [-0.4, -0.2) is 56.9 Å². The SMILES string of the molecule is Nc1nc2c(ncn2CC[C@H](CO)OP(=O)(O)OP(=O)(O)OP(=O)(O)O)c(=O)[nH]1. The van der Waals surface area contributed by atoms with Gasteiger partial charge < -0.3 is 35.0 Å². The van der Waals surface area contributed by atoms with E-state index >= 15 is 0 Å². The van der Waals surface area contributed by atoms with Crippen LogP contribution in [0.15, 0.2) is 11.1 Å². The number of phosphoric ester groups is 1. The lowest BCUT2D eigenvalue weighted by Gasteiger charge is -2.20. The Kier molecular flexibility index (Phi) is 7.15. The number of nitrogens with two attached hydrogens (primary N) is 1. The van der Waals surface area contributed by atoms with E-state index in [4.69, 9.17) is 20.4 Å². The van der Waals surface area contributed by atoms with Crippen molar-refractivity contribution in [2.45, 2.75) is 19.1 Å². The quantitative estimate of drug-likeness (QED) is 0.197. The van der Waals surface area contributed by atoms with Crippen LogP contribution in [0, 0.1) is 0 Å². The Bertz CT molecular complexity index is 1080. The molecular weight excluding hydrogens is 463 g/mol. The van der Waals surface area contributed by atoms with Gasteiger partial charge >= 0.3 is 23.5 Å². The van der Waals surface area contributed by atoms with Crippen molar-refractivity contribution in [2.75, 3.05) is 12.3 Å². The molecule has 2 heterocycles. The Hall–Kier alpha value is -1.48. The first-order valence-corrected chi connectivity index (χ1v) is 11.9. The summed E-state index contributed by atoms with van der Waals surface area (Å²) >= 11 is 0. The predicted molar refractivity (Wildman–Crippen MR) is 93.0 cm³/mol. The van der Waals surface area contributed by atoms with Gasteiger partial charge in [-0.25, -0.2) is 18.7 Å². The zero-order valence-corrected chi connectivity index (χ0v) is 16.8. The first-order valence-electron chi connectivity index (χ1n) is 7.35. The monoisotopic (exact) mass is 479 g/mol. The molecule has 0 aliphatic rings. The molecule has 2 aromatic heterocycles. The van der Waals surface area contributed by atoms with E-state index in [0.717, 1.165) is 0 Å². The zero-order chi connectivity index (χ0) is 22.0. The molecule has 0 saturated carbocycles. The van der Waals surface area contributed by atoms with Gasteiger partial charge in [-0.15, -0.1) is 0 Å². The fourth-order valence-corrected chi connectivity index (χ4v) is 5.29. The van der Waals surface area contributed by atoms with Crippen molar-refractivity contribution in [3.8, 4) is 0 Å². The third kappa shape index (κ3) is 7.06. The van der Waals surface area contributed by atoms with Crippen LogP contribution in [0.4, 0.5) is 5.95 Å². The molecule has 0 bridgehead atoms. The molecule has 2 unspecified atom stereocenters. The number of imidazole rings is 1. The average Bonchev–Trinajstić information content (AvgIpc) is 2.90. The summed E-state index contributed by atoms with van der Waals surface area (Å²) < 4.78 is 46.7. The zero-order valence-electron chi connectivity index (χ0n) is 14.1. The van der Waals surface area contributed by atoms with E-state index in [1.54, 1.807) is 0 Å². The fraction of sp³-hybridized carbons (Fsp3) is 0.444. The van der Waals surface area contributed by atoms with Gasteiger partial charge in [0, 0.05) is 6.54 Å². The summed E-state index contributed by atoms with van der Waals surface area (Å²) in [5.41, 5.74) is 4.90. The highest BCUT2D eigenvalue weighted by molar-refractivity contribution is 7.66. The molecule has 164 valence electrons. The molecule has 0 amide bonds. The van der Waals surface area contributed by atoms with Crippen LogP contribution < -0.4 is 11.3 Å². The second-order valence-electron chi connectivity index (χ2n) is 5.35. The molecule has 0 fully saturated rings. The van der Waals surface area contributed by atoms with Crippen molar-refractivity contribution in [3.63, 3.8) is 0 Å². The lowest BCUT2D eigenvalue weighted by molar-refractivity contribution is 0.0703. The molecule has 2 rings (SSSR count). The Labute approximate surface area is 160 Å². The lowest BCUT2D eigenvalue weighted by atomic mass is 10.3. The first-order chi connectivity index (χ1) is 13.2. The summed E-state index contributed by atoms with van der Waals surface area (Å²) in [6, 6.07) is 0. The number of aliphatic hydroxyl groups excluding tert-OH is 1. The second kappa shape index (κ2) is 8.71. The number of nitrogens with one attached hydrogen (secondary N) is 1. The molecule has 0 aliphatic carbocycles. The summed E-state index contributed by atoms with van der Waals surface area (Å²) in [6.45, 7) is -0.918. The maximum Gasteiger partial charge on any atom is 0.490 e. The maximum atomic E-state index is 11.8. The molecule has 0 radical (unpaired) electrons. The van der Waals surface area contributed by atoms with E-state index in [9.17, 15) is 28.5 Å². The smallest absolute Gasteiger partial charge is 0.394 e. The van der Waals surface area contributed by atoms with Gasteiger partial charge in [0.15, 0.2) is 11.2 Å². The number of rotatable bonds is 10. The van der Waals surface area contributed by atoms with Gasteiger partial charge in [0.2, 0.25) is 5.95 Å². The van der Waals surface area contributed by atoms with Gasteiger partial charge in [-0.2, -0.15) is 13.6 Å². The van der Waals surface area contributed by atoms with Crippen molar-refractivity contribution in [2.24, 2.45) is 0 Å². The fourth-order valence-electron chi connectivity index (χ4n) is 2.08. The minimum absolute atomic E-state index is 0.0346. The molecule has 17 nitrogen and oxygen atoms in total. The van der Waals surface area contributed by atoms with Gasteiger partial charge in [0.25, 0.3) is 5.56 Å². The number of aryl methyl sites for hydroxylation is 1. The topological polar surface area (TPSA) is 270 Å². The summed E-state index contributed by atoms with van der Waals surface area (Å²) in [6.07, 6.45) is -0.442. The normalized spacial score (nSPS) is 17.7. The van der Waals surface area contributed by atoms with Gasteiger partial charge in [-0.05, 0) is 6.42 Å². The number of fused-ring (bicyclic) bond motifs is 1. The predicted octanol–water partition coefficient (Wildman–Crippen LogP) is -1.20. The minimum Gasteiger partial charge on any atom is -0.394 e. The van der Waals surface area contributed by atoms with Crippen molar-refractivity contribution in [1.29, 1.82) is 0 Å². The van der Waals surface area contributed by atoms with E-state index in [-0.39, 0.29) is 30.1 Å². The molecule has 0 aliphatic heterocycles. The van der Waals surface area contributed by atoms with Gasteiger partial charge in [0.1, 0.15) is 0 Å². The van der Waals surface area contributed by atoms with Crippen molar-refractivity contribution >= 4 is 40.6 Å². The lowest BCUT2D eigenvalue weighted by Crippen LogP contribution is -2.19. The number of aromatic nitrogens is 4. The van der Waals surface area contributed by atoms with E-state index in [1.165, 1.54) is 10.9 Å². The number of nitrogen functional groups attached to an aromatic ring is 1. The van der Waals surface area contributed by atoms with Crippen molar-refractivity contribution < 1.29 is 51.5 Å². The number of hydrogen-bond donors (Lipinski definition) is 7. The van der Waals surface area contributed by atoms with E-state index < -0.39 is 41.7 Å². The van der Waals surface area contributed by atoms with E-state index in [1.807, 2.05) is 0 Å².